The van der Waals surface area contributed by atoms with Crippen molar-refractivity contribution in [3.8, 4) is 0 Å². The van der Waals surface area contributed by atoms with Gasteiger partial charge in [0.25, 0.3) is 0 Å². The molecule has 9 nitrogen and oxygen atoms in total. The smallest absolute Gasteiger partial charge is 0.302 e. The molecule has 0 amide bonds. The average molecular weight is 321 g/mol. The molecule has 2 aromatic rings. The quantitative estimate of drug-likeness (QED) is 0.709. The van der Waals surface area contributed by atoms with E-state index < -0.39 is 0 Å². The summed E-state index contributed by atoms with van der Waals surface area (Å²) in [5, 5.41) is 0. The van der Waals surface area contributed by atoms with Crippen LogP contribution < -0.4 is 5.73 Å². The van der Waals surface area contributed by atoms with Crippen molar-refractivity contribution in [2.24, 2.45) is 5.92 Å². The van der Waals surface area contributed by atoms with Gasteiger partial charge in [0, 0.05) is 26.2 Å². The fourth-order valence-corrected chi connectivity index (χ4v) is 2.02. The van der Waals surface area contributed by atoms with Crippen molar-refractivity contribution < 1.29 is 19.1 Å². The number of fused-ring (bicyclic) bond motifs is 1. The number of nitrogens with two attached hydrogens (primary N) is 1. The molecule has 9 heteroatoms. The van der Waals surface area contributed by atoms with Crippen LogP contribution in [-0.2, 0) is 25.5 Å². The molecule has 2 rings (SSSR count). The molecule has 0 unspecified atom stereocenters. The van der Waals surface area contributed by atoms with Crippen LogP contribution in [0.25, 0.3) is 11.2 Å². The number of carbonyl (C=O) groups excluding carboxylic acids is 2. The normalized spacial score (nSPS) is 10.9. The third-order valence-electron chi connectivity index (χ3n) is 3.14. The van der Waals surface area contributed by atoms with Gasteiger partial charge < -0.3 is 20.2 Å². The molecule has 0 bridgehead atoms. The van der Waals surface area contributed by atoms with E-state index in [4.69, 9.17) is 15.2 Å². The number of aromatic amines is 1. The summed E-state index contributed by atoms with van der Waals surface area (Å²) < 4.78 is 10.00. The van der Waals surface area contributed by atoms with E-state index >= 15 is 0 Å². The predicted octanol–water partition coefficient (Wildman–Crippen LogP) is 0.610. The van der Waals surface area contributed by atoms with Crippen LogP contribution in [0.4, 0.5) is 5.95 Å². The molecule has 0 radical (unpaired) electrons. The maximum Gasteiger partial charge on any atom is 0.302 e. The van der Waals surface area contributed by atoms with Crippen molar-refractivity contribution in [1.29, 1.82) is 0 Å². The number of anilines is 1. The molecule has 124 valence electrons. The van der Waals surface area contributed by atoms with Gasteiger partial charge in [-0.3, -0.25) is 9.59 Å². The number of nitrogen functional groups attached to an aromatic ring is 1. The number of nitrogens with one attached hydrogen (secondary N) is 1. The second kappa shape index (κ2) is 7.52. The molecule has 0 atom stereocenters. The SMILES string of the molecule is CC(=O)OCC(CCc1nc2nc(N)ncc2[nH]1)COC(C)=O. The van der Waals surface area contributed by atoms with Gasteiger partial charge in [0.05, 0.1) is 19.4 Å². The Morgan fingerprint density at radius 2 is 1.87 bits per heavy atom. The van der Waals surface area contributed by atoms with Gasteiger partial charge in [-0.05, 0) is 6.42 Å². The zero-order valence-electron chi connectivity index (χ0n) is 13.0. The number of hydrogen-bond donors (Lipinski definition) is 2. The first-order valence-corrected chi connectivity index (χ1v) is 7.18. The molecule has 3 N–H and O–H groups in total. The van der Waals surface area contributed by atoms with Crippen molar-refractivity contribution in [1.82, 2.24) is 19.9 Å². The number of aromatic nitrogens is 4. The van der Waals surface area contributed by atoms with Crippen molar-refractivity contribution in [3.05, 3.63) is 12.0 Å². The third-order valence-corrected chi connectivity index (χ3v) is 3.14. The number of imidazole rings is 1. The summed E-state index contributed by atoms with van der Waals surface area (Å²) in [4.78, 5) is 37.2. The van der Waals surface area contributed by atoms with Crippen molar-refractivity contribution in [3.63, 3.8) is 0 Å². The lowest BCUT2D eigenvalue weighted by Gasteiger charge is -2.15. The summed E-state index contributed by atoms with van der Waals surface area (Å²) >= 11 is 0. The second-order valence-electron chi connectivity index (χ2n) is 5.16. The second-order valence-corrected chi connectivity index (χ2v) is 5.16. The summed E-state index contributed by atoms with van der Waals surface area (Å²) in [6, 6.07) is 0. The Morgan fingerprint density at radius 1 is 1.22 bits per heavy atom. The summed E-state index contributed by atoms with van der Waals surface area (Å²) in [7, 11) is 0. The highest BCUT2D eigenvalue weighted by Gasteiger charge is 2.15. The molecule has 0 aliphatic rings. The van der Waals surface area contributed by atoms with Crippen LogP contribution in [-0.4, -0.2) is 45.1 Å². The maximum atomic E-state index is 10.9. The lowest BCUT2D eigenvalue weighted by Crippen LogP contribution is -2.20. The lowest BCUT2D eigenvalue weighted by atomic mass is 10.1. The van der Waals surface area contributed by atoms with E-state index in [9.17, 15) is 9.59 Å². The van der Waals surface area contributed by atoms with E-state index in [1.54, 1.807) is 6.20 Å². The summed E-state index contributed by atoms with van der Waals surface area (Å²) in [5.74, 6) is 0.0421. The van der Waals surface area contributed by atoms with E-state index in [0.29, 0.717) is 24.0 Å². The molecule has 0 spiro atoms. The highest BCUT2D eigenvalue weighted by Crippen LogP contribution is 2.13. The van der Waals surface area contributed by atoms with Crippen molar-refractivity contribution >= 4 is 29.1 Å². The molecule has 2 aromatic heterocycles. The van der Waals surface area contributed by atoms with Crippen LogP contribution in [0, 0.1) is 5.92 Å². The van der Waals surface area contributed by atoms with Crippen molar-refractivity contribution in [2.45, 2.75) is 26.7 Å². The Balaban J connectivity index is 1.96. The first-order valence-electron chi connectivity index (χ1n) is 7.18. The number of esters is 2. The minimum Gasteiger partial charge on any atom is -0.465 e. The molecule has 0 aliphatic heterocycles. The molecule has 0 aromatic carbocycles. The van der Waals surface area contributed by atoms with Gasteiger partial charge in [0.15, 0.2) is 5.65 Å². The molecule has 0 fully saturated rings. The Kier molecular flexibility index (Phi) is 5.45. The number of nitrogens with zero attached hydrogens (tertiary/aromatic N) is 3. The summed E-state index contributed by atoms with van der Waals surface area (Å²) in [5.41, 5.74) is 6.72. The summed E-state index contributed by atoms with van der Waals surface area (Å²) in [6.45, 7) is 3.06. The van der Waals surface area contributed by atoms with Crippen LogP contribution in [0.15, 0.2) is 6.20 Å². The van der Waals surface area contributed by atoms with Crippen LogP contribution in [0.2, 0.25) is 0 Å². The molecule has 0 saturated carbocycles. The van der Waals surface area contributed by atoms with Gasteiger partial charge in [-0.1, -0.05) is 0 Å². The Labute approximate surface area is 132 Å². The highest BCUT2D eigenvalue weighted by atomic mass is 16.5. The molecular weight excluding hydrogens is 302 g/mol. The van der Waals surface area contributed by atoms with Crippen LogP contribution >= 0.6 is 0 Å². The van der Waals surface area contributed by atoms with Gasteiger partial charge in [-0.15, -0.1) is 0 Å². The third kappa shape index (κ3) is 5.20. The number of hydrogen-bond acceptors (Lipinski definition) is 8. The zero-order valence-corrected chi connectivity index (χ0v) is 13.0. The largest absolute Gasteiger partial charge is 0.465 e. The lowest BCUT2D eigenvalue weighted by molar-refractivity contribution is -0.146. The van der Waals surface area contributed by atoms with Gasteiger partial charge in [0.1, 0.15) is 11.3 Å². The first-order chi connectivity index (χ1) is 10.9. The monoisotopic (exact) mass is 321 g/mol. The first kappa shape index (κ1) is 16.7. The van der Waals surface area contributed by atoms with Gasteiger partial charge in [0.2, 0.25) is 5.95 Å². The van der Waals surface area contributed by atoms with Gasteiger partial charge >= 0.3 is 11.9 Å². The van der Waals surface area contributed by atoms with Crippen LogP contribution in [0.5, 0.6) is 0 Å². The number of carbonyl (C=O) groups is 2. The summed E-state index contributed by atoms with van der Waals surface area (Å²) in [6.07, 6.45) is 2.79. The maximum absolute atomic E-state index is 10.9. The van der Waals surface area contributed by atoms with E-state index in [1.165, 1.54) is 13.8 Å². The molecule has 23 heavy (non-hydrogen) atoms. The number of ether oxygens (including phenoxy) is 2. The van der Waals surface area contributed by atoms with Crippen LogP contribution in [0.3, 0.4) is 0 Å². The predicted molar refractivity (Wildman–Crippen MR) is 81.2 cm³/mol. The molecular formula is C14H19N5O4. The Bertz CT molecular complexity index is 682. The zero-order chi connectivity index (χ0) is 16.8. The topological polar surface area (TPSA) is 133 Å². The Morgan fingerprint density at radius 3 is 2.48 bits per heavy atom. The molecule has 2 heterocycles. The molecule has 0 aliphatic carbocycles. The minimum atomic E-state index is -0.368. The fraction of sp³-hybridized carbons (Fsp3) is 0.500. The average Bonchev–Trinajstić information content (AvgIpc) is 2.87. The van der Waals surface area contributed by atoms with Crippen LogP contribution in [0.1, 0.15) is 26.1 Å². The number of rotatable bonds is 7. The highest BCUT2D eigenvalue weighted by molar-refractivity contribution is 5.70. The number of aryl methyl sites for hydroxylation is 1. The van der Waals surface area contributed by atoms with Crippen molar-refractivity contribution in [2.75, 3.05) is 18.9 Å². The standard InChI is InChI=1S/C14H19N5O4/c1-8(20)22-6-10(7-23-9(2)21)3-4-12-17-11-5-16-14(15)19-13(11)18-12/h5,10H,3-4,6-7H2,1-2H3,(H3,15,16,17,18,19). The molecule has 0 saturated heterocycles. The van der Waals surface area contributed by atoms with E-state index in [-0.39, 0.29) is 37.0 Å². The minimum absolute atomic E-state index is 0.104. The van der Waals surface area contributed by atoms with Gasteiger partial charge in [-0.25, -0.2) is 9.97 Å². The van der Waals surface area contributed by atoms with E-state index in [0.717, 1.165) is 5.82 Å². The Hall–Kier alpha value is -2.71. The fourth-order valence-electron chi connectivity index (χ4n) is 2.02. The van der Waals surface area contributed by atoms with Gasteiger partial charge in [-0.2, -0.15) is 4.98 Å². The van der Waals surface area contributed by atoms with E-state index in [1.807, 2.05) is 0 Å². The van der Waals surface area contributed by atoms with E-state index in [2.05, 4.69) is 19.9 Å². The number of H-pyrrole nitrogens is 1.